The van der Waals surface area contributed by atoms with E-state index in [1.807, 2.05) is 0 Å². The number of hydrogen-bond acceptors (Lipinski definition) is 8. The molecule has 0 aliphatic carbocycles. The van der Waals surface area contributed by atoms with Gasteiger partial charge in [0.2, 0.25) is 0 Å². The van der Waals surface area contributed by atoms with Crippen molar-refractivity contribution in [2.75, 3.05) is 0 Å². The molecule has 0 amide bonds. The summed E-state index contributed by atoms with van der Waals surface area (Å²) in [6, 6.07) is -0.184. The first-order valence-electron chi connectivity index (χ1n) is 4.74. The van der Waals surface area contributed by atoms with Gasteiger partial charge in [0.25, 0.3) is 0 Å². The normalized spacial score (nSPS) is 15.6. The van der Waals surface area contributed by atoms with E-state index in [4.69, 9.17) is 22.5 Å². The van der Waals surface area contributed by atoms with E-state index in [1.165, 1.54) is 0 Å². The summed E-state index contributed by atoms with van der Waals surface area (Å²) >= 11 is 5.55. The van der Waals surface area contributed by atoms with Gasteiger partial charge in [0.15, 0.2) is 0 Å². The maximum atomic E-state index is 11.5. The fraction of sp³-hybridized carbons (Fsp3) is 0.714. The molecule has 0 fully saturated rings. The number of carbonyl (C=O) groups is 2. The summed E-state index contributed by atoms with van der Waals surface area (Å²) in [6.45, 7) is 3.33. The molecule has 2 atom stereocenters. The molecule has 0 spiro atoms. The second-order valence-corrected chi connectivity index (χ2v) is 6.74. The number of rotatable bonds is 5. The average molecular weight is 290 g/mol. The van der Waals surface area contributed by atoms with Crippen molar-refractivity contribution >= 4 is 30.6 Å². The van der Waals surface area contributed by atoms with Crippen LogP contribution in [0.5, 0.6) is 0 Å². The van der Waals surface area contributed by atoms with Crippen LogP contribution in [0.4, 0.5) is 4.79 Å². The van der Waals surface area contributed by atoms with Crippen LogP contribution in [0.2, 0.25) is 0 Å². The first kappa shape index (κ1) is 16.3. The van der Waals surface area contributed by atoms with Crippen molar-refractivity contribution in [1.29, 1.82) is 0 Å². The zero-order valence-electron chi connectivity index (χ0n) is 9.51. The van der Waals surface area contributed by atoms with Crippen LogP contribution in [-0.4, -0.2) is 18.2 Å². The molecule has 8 nitrogen and oxygen atoms in total. The van der Waals surface area contributed by atoms with E-state index in [0.717, 1.165) is 0 Å². The first-order chi connectivity index (χ1) is 7.68. The quantitative estimate of drug-likeness (QED) is 0.492. The molecule has 6 N–H and O–H groups in total. The Kier molecular flexibility index (Phi) is 6.66. The predicted molar refractivity (Wildman–Crippen MR) is 63.6 cm³/mol. The zero-order chi connectivity index (χ0) is 13.6. The molecule has 0 aromatic carbocycles. The Morgan fingerprint density at radius 1 is 1.35 bits per heavy atom. The van der Waals surface area contributed by atoms with Crippen molar-refractivity contribution in [2.45, 2.75) is 26.3 Å². The molecule has 10 heteroatoms. The SMILES string of the molecule is CC(N)CC(C)C(=O)O[PH](N)(Cl)OC(=O)ON. The fourth-order valence-corrected chi connectivity index (χ4v) is 2.26. The van der Waals surface area contributed by atoms with Gasteiger partial charge in [0.05, 0.1) is 0 Å². The minimum absolute atomic E-state index is 0.184. The molecule has 0 rings (SSSR count). The van der Waals surface area contributed by atoms with Crippen LogP contribution >= 0.6 is 18.5 Å². The predicted octanol–water partition coefficient (Wildman–Crippen LogP) is 0.537. The van der Waals surface area contributed by atoms with Gasteiger partial charge in [-0.15, -0.1) is 0 Å². The Hall–Kier alpha value is -0.660. The molecule has 0 aliphatic heterocycles. The van der Waals surface area contributed by atoms with E-state index in [9.17, 15) is 9.59 Å². The zero-order valence-corrected chi connectivity index (χ0v) is 11.3. The molecule has 17 heavy (non-hydrogen) atoms. The van der Waals surface area contributed by atoms with Gasteiger partial charge in [0, 0.05) is 0 Å². The maximum absolute atomic E-state index is 11.5. The average Bonchev–Trinajstić information content (AvgIpc) is 2.14. The van der Waals surface area contributed by atoms with Crippen LogP contribution in [0, 0.1) is 5.92 Å². The third kappa shape index (κ3) is 7.30. The monoisotopic (exact) mass is 289 g/mol. The van der Waals surface area contributed by atoms with Gasteiger partial charge in [-0.05, 0) is 0 Å². The standard InChI is InChI=1S/C7H17ClN3O5P/c1-4(3-5(2)9)6(12)15-17(8,11)16-7(13)14-10/h4-5,17H,3,9-11H2,1-2H3. The Bertz CT molecular complexity index is 289. The van der Waals surface area contributed by atoms with Crippen LogP contribution in [0.1, 0.15) is 20.3 Å². The van der Waals surface area contributed by atoms with Gasteiger partial charge in [-0.2, -0.15) is 0 Å². The van der Waals surface area contributed by atoms with E-state index in [0.29, 0.717) is 6.42 Å². The molecule has 0 aromatic rings. The molecule has 2 unspecified atom stereocenters. The Morgan fingerprint density at radius 2 is 1.88 bits per heavy atom. The molecule has 0 heterocycles. The van der Waals surface area contributed by atoms with Crippen molar-refractivity contribution in [3.8, 4) is 0 Å². The Labute approximate surface area is 104 Å². The van der Waals surface area contributed by atoms with E-state index < -0.39 is 25.3 Å². The van der Waals surface area contributed by atoms with Gasteiger partial charge in [0.1, 0.15) is 0 Å². The summed E-state index contributed by atoms with van der Waals surface area (Å²) < 4.78 is 9.02. The molecule has 0 aliphatic rings. The number of halogens is 1. The van der Waals surface area contributed by atoms with Gasteiger partial charge >= 0.3 is 103 Å². The van der Waals surface area contributed by atoms with Gasteiger partial charge in [-0.1, -0.05) is 0 Å². The third-order valence-electron chi connectivity index (χ3n) is 1.69. The second-order valence-electron chi connectivity index (χ2n) is 3.59. The van der Waals surface area contributed by atoms with Crippen molar-refractivity contribution in [2.24, 2.45) is 23.1 Å². The molecule has 0 aromatic heterocycles. The molecule has 0 bridgehead atoms. The molecule has 0 radical (unpaired) electrons. The van der Waals surface area contributed by atoms with Crippen LogP contribution in [0.3, 0.4) is 0 Å². The second kappa shape index (κ2) is 6.93. The molecule has 102 valence electrons. The van der Waals surface area contributed by atoms with Crippen molar-refractivity contribution in [3.63, 3.8) is 0 Å². The third-order valence-corrected chi connectivity index (χ3v) is 3.07. The fourth-order valence-electron chi connectivity index (χ4n) is 1.05. The summed E-state index contributed by atoms with van der Waals surface area (Å²) in [7, 11) is -3.94. The summed E-state index contributed by atoms with van der Waals surface area (Å²) in [5.41, 5.74) is 10.8. The van der Waals surface area contributed by atoms with Crippen molar-refractivity contribution in [1.82, 2.24) is 0 Å². The number of carbonyl (C=O) groups excluding carboxylic acids is 2. The number of hydrogen-bond donors (Lipinski definition) is 3. The van der Waals surface area contributed by atoms with Crippen LogP contribution in [-0.2, 0) is 18.7 Å². The molecule has 0 saturated heterocycles. The van der Waals surface area contributed by atoms with E-state index in [2.05, 4.69) is 19.8 Å². The summed E-state index contributed by atoms with van der Waals surface area (Å²) in [5.74, 6) is 3.30. The summed E-state index contributed by atoms with van der Waals surface area (Å²) in [4.78, 5) is 25.8. The Morgan fingerprint density at radius 3 is 2.29 bits per heavy atom. The van der Waals surface area contributed by atoms with Crippen LogP contribution in [0.15, 0.2) is 0 Å². The van der Waals surface area contributed by atoms with E-state index in [1.54, 1.807) is 13.8 Å². The van der Waals surface area contributed by atoms with Gasteiger partial charge < -0.3 is 0 Å². The van der Waals surface area contributed by atoms with Crippen molar-refractivity contribution < 1.29 is 23.5 Å². The molecular formula is C7H17ClN3O5P. The first-order valence-corrected chi connectivity index (χ1v) is 7.64. The van der Waals surface area contributed by atoms with Gasteiger partial charge in [-0.25, -0.2) is 0 Å². The summed E-state index contributed by atoms with van der Waals surface area (Å²) in [6.07, 6.45) is -0.927. The molecular weight excluding hydrogens is 273 g/mol. The minimum atomic E-state index is -3.94. The Balaban J connectivity index is 4.30. The molecule has 0 saturated carbocycles. The summed E-state index contributed by atoms with van der Waals surface area (Å²) in [5, 5.41) is 0. The van der Waals surface area contributed by atoms with Crippen molar-refractivity contribution in [3.05, 3.63) is 0 Å². The van der Waals surface area contributed by atoms with E-state index >= 15 is 0 Å². The van der Waals surface area contributed by atoms with Crippen LogP contribution in [0.25, 0.3) is 0 Å². The van der Waals surface area contributed by atoms with E-state index in [-0.39, 0.29) is 6.04 Å². The van der Waals surface area contributed by atoms with Gasteiger partial charge in [-0.3, -0.25) is 0 Å². The number of nitrogens with two attached hydrogens (primary N) is 3. The van der Waals surface area contributed by atoms with Crippen LogP contribution < -0.4 is 17.1 Å². The topological polar surface area (TPSA) is 140 Å².